The molecule has 0 radical (unpaired) electrons. The van der Waals surface area contributed by atoms with E-state index in [0.29, 0.717) is 19.0 Å². The molecule has 1 atom stereocenters. The Morgan fingerprint density at radius 2 is 2.06 bits per heavy atom. The number of ether oxygens (including phenoxy) is 2. The molecule has 0 aromatic carbocycles. The third-order valence-corrected chi connectivity index (χ3v) is 5.44. The summed E-state index contributed by atoms with van der Waals surface area (Å²) in [5.74, 6) is 0.528. The maximum absolute atomic E-state index is 13.4. The number of hydrogen-bond donors (Lipinski definition) is 1. The molecular formula is C23H24N4O4. The Hall–Kier alpha value is -3.52. The van der Waals surface area contributed by atoms with E-state index in [9.17, 15) is 9.59 Å². The Morgan fingerprint density at radius 1 is 1.23 bits per heavy atom. The molecule has 160 valence electrons. The van der Waals surface area contributed by atoms with Crippen molar-refractivity contribution in [1.29, 1.82) is 0 Å². The Bertz CT molecular complexity index is 1080. The second-order valence-corrected chi connectivity index (χ2v) is 7.34. The first-order valence-electron chi connectivity index (χ1n) is 10.2. The summed E-state index contributed by atoms with van der Waals surface area (Å²) in [4.78, 5) is 34.4. The topological polar surface area (TPSA) is 95.3 Å². The van der Waals surface area contributed by atoms with Crippen LogP contribution in [0.5, 0.6) is 5.75 Å². The fourth-order valence-corrected chi connectivity index (χ4v) is 3.83. The molecule has 1 aliphatic rings. The molecule has 8 heteroatoms. The van der Waals surface area contributed by atoms with Gasteiger partial charge in [0, 0.05) is 44.1 Å². The molecule has 1 saturated heterocycles. The maximum Gasteiger partial charge on any atom is 0.260 e. The number of nitrogens with zero attached hydrogens (tertiary/aromatic N) is 3. The summed E-state index contributed by atoms with van der Waals surface area (Å²) in [5, 5.41) is 3.14. The van der Waals surface area contributed by atoms with Crippen molar-refractivity contribution in [2.45, 2.75) is 18.9 Å². The van der Waals surface area contributed by atoms with Gasteiger partial charge >= 0.3 is 0 Å². The molecule has 31 heavy (non-hydrogen) atoms. The monoisotopic (exact) mass is 420 g/mol. The van der Waals surface area contributed by atoms with Gasteiger partial charge in [0.15, 0.2) is 0 Å². The molecular weight excluding hydrogens is 396 g/mol. The SMILES string of the molecule is COc1cc(=O)n(-c2ccccn2)cc1C(=O)NC(c1cccnc1)C1CCOCC1. The van der Waals surface area contributed by atoms with Gasteiger partial charge < -0.3 is 14.8 Å². The van der Waals surface area contributed by atoms with Crippen molar-refractivity contribution in [1.82, 2.24) is 19.9 Å². The van der Waals surface area contributed by atoms with Crippen molar-refractivity contribution in [2.24, 2.45) is 5.92 Å². The molecule has 4 heterocycles. The molecule has 4 rings (SSSR count). The van der Waals surface area contributed by atoms with E-state index < -0.39 is 0 Å². The van der Waals surface area contributed by atoms with Gasteiger partial charge in [0.1, 0.15) is 11.6 Å². The molecule has 0 bridgehead atoms. The normalized spacial score (nSPS) is 15.3. The smallest absolute Gasteiger partial charge is 0.260 e. The number of pyridine rings is 3. The number of carbonyl (C=O) groups excluding carboxylic acids is 1. The number of nitrogens with one attached hydrogen (secondary N) is 1. The molecule has 3 aromatic rings. The first kappa shape index (κ1) is 20.7. The third kappa shape index (κ3) is 4.64. The minimum atomic E-state index is -0.333. The standard InChI is InChI=1S/C23H24N4O4/c1-30-19-13-21(28)27(20-6-2-3-10-25-20)15-18(19)23(29)26-22(16-7-11-31-12-8-16)17-5-4-9-24-14-17/h2-6,9-10,13-16,22H,7-8,11-12H2,1H3,(H,26,29). The van der Waals surface area contributed by atoms with Gasteiger partial charge in [-0.2, -0.15) is 0 Å². The zero-order valence-electron chi connectivity index (χ0n) is 17.2. The van der Waals surface area contributed by atoms with Crippen molar-refractivity contribution >= 4 is 5.91 Å². The van der Waals surface area contributed by atoms with Gasteiger partial charge in [-0.1, -0.05) is 12.1 Å². The molecule has 1 N–H and O–H groups in total. The average Bonchev–Trinajstić information content (AvgIpc) is 2.83. The van der Waals surface area contributed by atoms with Crippen LogP contribution in [0.2, 0.25) is 0 Å². The van der Waals surface area contributed by atoms with Gasteiger partial charge in [-0.05, 0) is 42.5 Å². The number of rotatable bonds is 6. The fraction of sp³-hybridized carbons (Fsp3) is 0.304. The highest BCUT2D eigenvalue weighted by atomic mass is 16.5. The van der Waals surface area contributed by atoms with Crippen molar-refractivity contribution in [3.05, 3.63) is 82.7 Å². The van der Waals surface area contributed by atoms with Gasteiger partial charge in [-0.25, -0.2) is 4.98 Å². The van der Waals surface area contributed by atoms with E-state index in [1.54, 1.807) is 36.8 Å². The van der Waals surface area contributed by atoms with E-state index in [-0.39, 0.29) is 34.7 Å². The maximum atomic E-state index is 13.4. The van der Waals surface area contributed by atoms with Gasteiger partial charge in [0.2, 0.25) is 0 Å². The molecule has 0 saturated carbocycles. The number of amides is 1. The Balaban J connectivity index is 1.69. The average molecular weight is 420 g/mol. The van der Waals surface area contributed by atoms with Crippen molar-refractivity contribution in [3.63, 3.8) is 0 Å². The van der Waals surface area contributed by atoms with E-state index in [1.165, 1.54) is 23.9 Å². The number of methoxy groups -OCH3 is 1. The highest BCUT2D eigenvalue weighted by Gasteiger charge is 2.28. The Kier molecular flexibility index (Phi) is 6.37. The van der Waals surface area contributed by atoms with E-state index in [1.807, 2.05) is 12.1 Å². The van der Waals surface area contributed by atoms with Crippen molar-refractivity contribution in [3.8, 4) is 11.6 Å². The predicted octanol–water partition coefficient (Wildman–Crippen LogP) is 2.53. The van der Waals surface area contributed by atoms with Crippen molar-refractivity contribution in [2.75, 3.05) is 20.3 Å². The van der Waals surface area contributed by atoms with Crippen LogP contribution in [0.1, 0.15) is 34.8 Å². The van der Waals surface area contributed by atoms with Gasteiger partial charge in [0.25, 0.3) is 11.5 Å². The number of carbonyl (C=O) groups is 1. The van der Waals surface area contributed by atoms with Crippen LogP contribution in [0.15, 0.2) is 66.0 Å². The van der Waals surface area contributed by atoms with E-state index in [4.69, 9.17) is 9.47 Å². The lowest BCUT2D eigenvalue weighted by Gasteiger charge is -2.31. The van der Waals surface area contributed by atoms with Crippen LogP contribution >= 0.6 is 0 Å². The molecule has 3 aromatic heterocycles. The number of hydrogen-bond acceptors (Lipinski definition) is 6. The van der Waals surface area contributed by atoms with E-state index in [0.717, 1.165) is 18.4 Å². The summed E-state index contributed by atoms with van der Waals surface area (Å²) in [5.41, 5.74) is 0.855. The lowest BCUT2D eigenvalue weighted by molar-refractivity contribution is 0.0513. The molecule has 0 aliphatic carbocycles. The summed E-state index contributed by atoms with van der Waals surface area (Å²) in [6, 6.07) is 10.1. The van der Waals surface area contributed by atoms with Crippen LogP contribution in [-0.2, 0) is 4.74 Å². The number of aromatic nitrogens is 3. The third-order valence-electron chi connectivity index (χ3n) is 5.44. The van der Waals surface area contributed by atoms with Crippen LogP contribution in [-0.4, -0.2) is 40.8 Å². The van der Waals surface area contributed by atoms with Crippen molar-refractivity contribution < 1.29 is 14.3 Å². The van der Waals surface area contributed by atoms with Crippen LogP contribution in [0, 0.1) is 5.92 Å². The van der Waals surface area contributed by atoms with Gasteiger partial charge in [-0.15, -0.1) is 0 Å². The largest absolute Gasteiger partial charge is 0.496 e. The zero-order valence-corrected chi connectivity index (χ0v) is 17.2. The van der Waals surface area contributed by atoms with E-state index >= 15 is 0 Å². The molecule has 8 nitrogen and oxygen atoms in total. The lowest BCUT2D eigenvalue weighted by atomic mass is 9.87. The molecule has 1 fully saturated rings. The highest BCUT2D eigenvalue weighted by molar-refractivity contribution is 5.97. The summed E-state index contributed by atoms with van der Waals surface area (Å²) in [7, 11) is 1.44. The molecule has 1 amide bonds. The molecule has 0 spiro atoms. The van der Waals surface area contributed by atoms with Crippen LogP contribution in [0.4, 0.5) is 0 Å². The summed E-state index contributed by atoms with van der Waals surface area (Å²) >= 11 is 0. The summed E-state index contributed by atoms with van der Waals surface area (Å²) in [6.07, 6.45) is 8.22. The minimum Gasteiger partial charge on any atom is -0.496 e. The van der Waals surface area contributed by atoms with Gasteiger partial charge in [0.05, 0.1) is 18.7 Å². The summed E-state index contributed by atoms with van der Waals surface area (Å²) in [6.45, 7) is 1.32. The van der Waals surface area contributed by atoms with Crippen LogP contribution in [0.25, 0.3) is 5.82 Å². The van der Waals surface area contributed by atoms with Gasteiger partial charge in [-0.3, -0.25) is 19.1 Å². The lowest BCUT2D eigenvalue weighted by Crippen LogP contribution is -2.36. The Morgan fingerprint density at radius 3 is 2.74 bits per heavy atom. The predicted molar refractivity (Wildman–Crippen MR) is 114 cm³/mol. The summed E-state index contributed by atoms with van der Waals surface area (Å²) < 4.78 is 12.2. The molecule has 1 aliphatic heterocycles. The molecule has 1 unspecified atom stereocenters. The minimum absolute atomic E-state index is 0.214. The van der Waals surface area contributed by atoms with Crippen LogP contribution in [0.3, 0.4) is 0 Å². The first-order chi connectivity index (χ1) is 15.2. The first-order valence-corrected chi connectivity index (χ1v) is 10.2. The second-order valence-electron chi connectivity index (χ2n) is 7.34. The quantitative estimate of drug-likeness (QED) is 0.659. The van der Waals surface area contributed by atoms with Crippen LogP contribution < -0.4 is 15.6 Å². The second kappa shape index (κ2) is 9.53. The zero-order chi connectivity index (χ0) is 21.6. The fourth-order valence-electron chi connectivity index (χ4n) is 3.83. The Labute approximate surface area is 179 Å². The van der Waals surface area contributed by atoms with E-state index in [2.05, 4.69) is 15.3 Å². The highest BCUT2D eigenvalue weighted by Crippen LogP contribution is 2.30.